The molecule has 0 radical (unpaired) electrons. The number of aliphatic imine (C=N–C) groups is 1. The smallest absolute Gasteiger partial charge is 0.416 e. The summed E-state index contributed by atoms with van der Waals surface area (Å²) in [6.45, 7) is 3.45. The van der Waals surface area contributed by atoms with E-state index in [4.69, 9.17) is 4.74 Å². The number of ether oxygens (including phenoxy) is 1. The van der Waals surface area contributed by atoms with Crippen molar-refractivity contribution in [2.45, 2.75) is 32.7 Å². The third-order valence-electron chi connectivity index (χ3n) is 4.92. The molecule has 11 heteroatoms. The number of nitrogens with zero attached hydrogens (tertiary/aromatic N) is 4. The molecule has 2 N–H and O–H groups in total. The average molecular weight is 480 g/mol. The Morgan fingerprint density at radius 2 is 2.00 bits per heavy atom. The number of amides is 1. The van der Waals surface area contributed by atoms with Gasteiger partial charge < -0.3 is 15.4 Å². The molecule has 0 atom stereocenters. The predicted molar refractivity (Wildman–Crippen MR) is 122 cm³/mol. The minimum absolute atomic E-state index is 0.0176. The van der Waals surface area contributed by atoms with Crippen molar-refractivity contribution in [1.82, 2.24) is 20.6 Å². The summed E-state index contributed by atoms with van der Waals surface area (Å²) in [6.07, 6.45) is -1.85. The molecule has 1 amide bonds. The molecule has 0 saturated heterocycles. The lowest BCUT2D eigenvalue weighted by molar-refractivity contribution is -0.138. The number of nitriles is 1. The second kappa shape index (κ2) is 9.42. The number of carbonyl (C=O) groups excluding carboxylic acids is 1. The van der Waals surface area contributed by atoms with Crippen molar-refractivity contribution in [2.24, 2.45) is 4.99 Å². The molecule has 0 bridgehead atoms. The summed E-state index contributed by atoms with van der Waals surface area (Å²) < 4.78 is 45.4. The Bertz CT molecular complexity index is 1410. The first-order valence-corrected chi connectivity index (χ1v) is 10.5. The number of hydrogen-bond donors (Lipinski definition) is 2. The highest BCUT2D eigenvalue weighted by atomic mass is 19.4. The second-order valence-electron chi connectivity index (χ2n) is 7.84. The third-order valence-corrected chi connectivity index (χ3v) is 4.92. The quantitative estimate of drug-likeness (QED) is 0.532. The summed E-state index contributed by atoms with van der Waals surface area (Å²) in [5.74, 6) is -0.294. The molecular weight excluding hydrogens is 461 g/mol. The molecule has 1 aliphatic rings. The van der Waals surface area contributed by atoms with Gasteiger partial charge in [-0.3, -0.25) is 9.78 Å². The van der Waals surface area contributed by atoms with Crippen LogP contribution in [0.25, 0.3) is 17.1 Å². The Kier molecular flexibility index (Phi) is 6.38. The number of halogens is 3. The average Bonchev–Trinajstić information content (AvgIpc) is 3.16. The third kappa shape index (κ3) is 5.22. The molecule has 3 aromatic rings. The summed E-state index contributed by atoms with van der Waals surface area (Å²) in [5.41, 5.74) is 0.807. The van der Waals surface area contributed by atoms with Crippen LogP contribution in [0, 0.1) is 11.3 Å². The molecule has 0 aliphatic carbocycles. The molecule has 35 heavy (non-hydrogen) atoms. The zero-order chi connectivity index (χ0) is 25.2. The zero-order valence-electron chi connectivity index (χ0n) is 18.6. The van der Waals surface area contributed by atoms with Gasteiger partial charge in [0, 0.05) is 12.7 Å². The van der Waals surface area contributed by atoms with Crippen LogP contribution in [0.3, 0.4) is 0 Å². The maximum Gasteiger partial charge on any atom is 0.416 e. The van der Waals surface area contributed by atoms with Gasteiger partial charge in [-0.05, 0) is 43.7 Å². The van der Waals surface area contributed by atoms with Crippen molar-refractivity contribution in [3.63, 3.8) is 0 Å². The summed E-state index contributed by atoms with van der Waals surface area (Å²) in [6, 6.07) is 10.5. The number of nitrogens with one attached hydrogen (secondary N) is 2. The van der Waals surface area contributed by atoms with Crippen molar-refractivity contribution in [3.05, 3.63) is 70.7 Å². The van der Waals surface area contributed by atoms with Gasteiger partial charge in [0.25, 0.3) is 5.91 Å². The number of carbonyl (C=O) groups is 1. The van der Waals surface area contributed by atoms with Crippen LogP contribution >= 0.6 is 0 Å². The first kappa shape index (κ1) is 23.7. The number of hydrogen-bond acceptors (Lipinski definition) is 7. The molecule has 2 aromatic heterocycles. The lowest BCUT2D eigenvalue weighted by atomic mass is 10.1. The van der Waals surface area contributed by atoms with E-state index in [0.717, 1.165) is 6.07 Å². The van der Waals surface area contributed by atoms with Crippen LogP contribution in [0.5, 0.6) is 5.75 Å². The number of guanidine groups is 1. The zero-order valence-corrected chi connectivity index (χ0v) is 18.6. The van der Waals surface area contributed by atoms with Gasteiger partial charge in [-0.25, -0.2) is 4.98 Å². The van der Waals surface area contributed by atoms with Gasteiger partial charge in [0.1, 0.15) is 22.8 Å². The van der Waals surface area contributed by atoms with E-state index in [1.165, 1.54) is 30.5 Å². The first-order valence-electron chi connectivity index (χ1n) is 10.5. The Hall–Kier alpha value is -4.46. The fourth-order valence-electron chi connectivity index (χ4n) is 3.40. The molecule has 0 unspecified atom stereocenters. The molecule has 0 fully saturated rings. The Labute approximate surface area is 198 Å². The van der Waals surface area contributed by atoms with E-state index in [2.05, 4.69) is 25.6 Å². The minimum Gasteiger partial charge on any atom is -0.487 e. The maximum absolute atomic E-state index is 13.2. The van der Waals surface area contributed by atoms with E-state index in [1.54, 1.807) is 12.1 Å². The molecular formula is C24H19F3N6O2. The highest BCUT2D eigenvalue weighted by Gasteiger charge is 2.33. The SMILES string of the molecule is CC(C)Oc1c(C#N)cnc2ccc(/C=C3\NC(NCc4ccccc4C(F)(F)F)=NC3=O)nc12. The van der Waals surface area contributed by atoms with E-state index in [0.29, 0.717) is 22.5 Å². The highest BCUT2D eigenvalue weighted by molar-refractivity contribution is 6.12. The van der Waals surface area contributed by atoms with Crippen LogP contribution in [0.15, 0.2) is 53.3 Å². The lowest BCUT2D eigenvalue weighted by Gasteiger charge is -2.14. The van der Waals surface area contributed by atoms with Gasteiger partial charge >= 0.3 is 6.18 Å². The maximum atomic E-state index is 13.2. The van der Waals surface area contributed by atoms with Crippen molar-refractivity contribution in [3.8, 4) is 11.8 Å². The molecule has 4 rings (SSSR count). The van der Waals surface area contributed by atoms with Gasteiger partial charge in [0.05, 0.1) is 22.9 Å². The molecule has 0 spiro atoms. The normalized spacial score (nSPS) is 14.7. The highest BCUT2D eigenvalue weighted by Crippen LogP contribution is 2.32. The molecule has 1 aromatic carbocycles. The topological polar surface area (TPSA) is 112 Å². The van der Waals surface area contributed by atoms with Gasteiger partial charge in [-0.2, -0.15) is 23.4 Å². The van der Waals surface area contributed by atoms with Gasteiger partial charge in [0.15, 0.2) is 5.75 Å². The predicted octanol–water partition coefficient (Wildman–Crippen LogP) is 3.92. The van der Waals surface area contributed by atoms with Crippen LogP contribution in [0.1, 0.15) is 36.2 Å². The van der Waals surface area contributed by atoms with Gasteiger partial charge in [-0.1, -0.05) is 18.2 Å². The van der Waals surface area contributed by atoms with Gasteiger partial charge in [0.2, 0.25) is 5.96 Å². The van der Waals surface area contributed by atoms with Crippen LogP contribution in [0.2, 0.25) is 0 Å². The number of pyridine rings is 2. The molecule has 3 heterocycles. The molecule has 8 nitrogen and oxygen atoms in total. The number of alkyl halides is 3. The largest absolute Gasteiger partial charge is 0.487 e. The number of rotatable bonds is 5. The van der Waals surface area contributed by atoms with E-state index in [9.17, 15) is 23.2 Å². The van der Waals surface area contributed by atoms with Crippen molar-refractivity contribution >= 4 is 29.0 Å². The fraction of sp³-hybridized carbons (Fsp3) is 0.208. The summed E-state index contributed by atoms with van der Waals surface area (Å²) in [5, 5.41) is 14.9. The molecule has 1 aliphatic heterocycles. The number of benzene rings is 1. The van der Waals surface area contributed by atoms with E-state index in [-0.39, 0.29) is 35.4 Å². The number of aromatic nitrogens is 2. The summed E-state index contributed by atoms with van der Waals surface area (Å²) in [7, 11) is 0. The Morgan fingerprint density at radius 1 is 1.23 bits per heavy atom. The van der Waals surface area contributed by atoms with E-state index >= 15 is 0 Å². The Morgan fingerprint density at radius 3 is 2.71 bits per heavy atom. The standard InChI is InChI=1S/C24H19F3N6O2/c1-13(2)35-21-15(10-28)12-29-18-8-7-16(31-20(18)21)9-19-22(34)33-23(32-19)30-11-14-5-3-4-6-17(14)24(25,26)27/h3-9,12-13H,11H2,1-2H3,(H2,30,32,33,34)/b19-9-. The monoisotopic (exact) mass is 480 g/mol. The molecule has 0 saturated carbocycles. The van der Waals surface area contributed by atoms with Crippen molar-refractivity contribution in [1.29, 1.82) is 5.26 Å². The van der Waals surface area contributed by atoms with Gasteiger partial charge in [-0.15, -0.1) is 0 Å². The first-order chi connectivity index (χ1) is 16.7. The van der Waals surface area contributed by atoms with Crippen LogP contribution in [0.4, 0.5) is 13.2 Å². The lowest BCUT2D eigenvalue weighted by Crippen LogP contribution is -2.33. The van der Waals surface area contributed by atoms with Crippen molar-refractivity contribution < 1.29 is 22.7 Å². The van der Waals surface area contributed by atoms with E-state index in [1.807, 2.05) is 19.9 Å². The summed E-state index contributed by atoms with van der Waals surface area (Å²) >= 11 is 0. The fourth-order valence-corrected chi connectivity index (χ4v) is 3.40. The van der Waals surface area contributed by atoms with Crippen LogP contribution in [-0.2, 0) is 17.5 Å². The van der Waals surface area contributed by atoms with Crippen molar-refractivity contribution in [2.75, 3.05) is 0 Å². The second-order valence-corrected chi connectivity index (χ2v) is 7.84. The van der Waals surface area contributed by atoms with Crippen LogP contribution < -0.4 is 15.4 Å². The Balaban J connectivity index is 1.55. The molecule has 178 valence electrons. The number of fused-ring (bicyclic) bond motifs is 1. The van der Waals surface area contributed by atoms with Crippen LogP contribution in [-0.4, -0.2) is 27.9 Å². The minimum atomic E-state index is -4.50. The summed E-state index contributed by atoms with van der Waals surface area (Å²) in [4.78, 5) is 24.9. The van der Waals surface area contributed by atoms with E-state index < -0.39 is 17.6 Å².